The van der Waals surface area contributed by atoms with Gasteiger partial charge >= 0.3 is 0 Å². The van der Waals surface area contributed by atoms with E-state index in [-0.39, 0.29) is 35.9 Å². The van der Waals surface area contributed by atoms with Gasteiger partial charge in [0.15, 0.2) is 5.96 Å². The highest BCUT2D eigenvalue weighted by Crippen LogP contribution is 2.16. The number of amides is 1. The Kier molecular flexibility index (Phi) is 10.3. The zero-order valence-electron chi connectivity index (χ0n) is 14.9. The molecule has 0 fully saturated rings. The number of hydrogen-bond donors (Lipinski definition) is 3. The molecule has 1 aromatic carbocycles. The predicted octanol–water partition coefficient (Wildman–Crippen LogP) is 3.35. The number of nitrogens with one attached hydrogen (secondary N) is 3. The minimum atomic E-state index is -0.517. The fraction of sp³-hybridized carbons (Fsp3) is 0.529. The fourth-order valence-electron chi connectivity index (χ4n) is 2.02. The van der Waals surface area contributed by atoms with Crippen LogP contribution >= 0.6 is 35.6 Å². The molecule has 7 heteroatoms. The summed E-state index contributed by atoms with van der Waals surface area (Å²) in [6.07, 6.45) is 0. The number of aliphatic imine (C=N–C) groups is 1. The zero-order valence-corrected chi connectivity index (χ0v) is 18.0. The summed E-state index contributed by atoms with van der Waals surface area (Å²) in [4.78, 5) is 16.2. The Morgan fingerprint density at radius 1 is 1.25 bits per heavy atom. The Bertz CT molecular complexity index is 546. The molecule has 3 N–H and O–H groups in total. The second-order valence-corrected chi connectivity index (χ2v) is 6.52. The average Bonchev–Trinajstić information content (AvgIpc) is 2.52. The van der Waals surface area contributed by atoms with E-state index in [0.717, 1.165) is 5.56 Å². The summed E-state index contributed by atoms with van der Waals surface area (Å²) in [5.41, 5.74) is 0.595. The molecule has 0 bridgehead atoms. The maximum absolute atomic E-state index is 12.0. The fourth-order valence-corrected chi connectivity index (χ4v) is 2.15. The molecule has 24 heavy (non-hydrogen) atoms. The summed E-state index contributed by atoms with van der Waals surface area (Å²) < 4.78 is 0. The first kappa shape index (κ1) is 23.0. The van der Waals surface area contributed by atoms with E-state index >= 15 is 0 Å². The van der Waals surface area contributed by atoms with Gasteiger partial charge in [-0.15, -0.1) is 24.0 Å². The predicted molar refractivity (Wildman–Crippen MR) is 112 cm³/mol. The van der Waals surface area contributed by atoms with E-state index in [1.165, 1.54) is 0 Å². The van der Waals surface area contributed by atoms with Crippen molar-refractivity contribution in [1.29, 1.82) is 0 Å². The molecule has 0 saturated heterocycles. The van der Waals surface area contributed by atoms with E-state index in [1.54, 1.807) is 7.05 Å². The second kappa shape index (κ2) is 10.8. The number of benzene rings is 1. The lowest BCUT2D eigenvalue weighted by Gasteiger charge is -2.26. The first-order valence-corrected chi connectivity index (χ1v) is 8.19. The molecule has 0 aliphatic rings. The van der Waals surface area contributed by atoms with Gasteiger partial charge in [-0.05, 0) is 45.4 Å². The molecule has 0 aliphatic carbocycles. The summed E-state index contributed by atoms with van der Waals surface area (Å²) in [5, 5.41) is 10.1. The summed E-state index contributed by atoms with van der Waals surface area (Å²) in [6.45, 7) is 8.89. The van der Waals surface area contributed by atoms with Crippen LogP contribution in [0.1, 0.15) is 39.3 Å². The van der Waals surface area contributed by atoms with Crippen LogP contribution in [0, 0.1) is 5.41 Å². The smallest absolute Gasteiger partial charge is 0.227 e. The molecule has 5 nitrogen and oxygen atoms in total. The molecule has 1 rings (SSSR count). The Balaban J connectivity index is 0.00000529. The highest BCUT2D eigenvalue weighted by atomic mass is 127. The van der Waals surface area contributed by atoms with Crippen molar-refractivity contribution in [1.82, 2.24) is 16.0 Å². The maximum Gasteiger partial charge on any atom is 0.227 e. The second-order valence-electron chi connectivity index (χ2n) is 6.09. The van der Waals surface area contributed by atoms with Gasteiger partial charge in [0.1, 0.15) is 0 Å². The minimum absolute atomic E-state index is 0. The van der Waals surface area contributed by atoms with E-state index in [1.807, 2.05) is 52.0 Å². The molecular weight excluding hydrogens is 439 g/mol. The molecule has 136 valence electrons. The molecule has 0 spiro atoms. The molecule has 1 atom stereocenters. The number of carbonyl (C=O) groups excluding carboxylic acids is 1. The summed E-state index contributed by atoms with van der Waals surface area (Å²) in [6, 6.07) is 7.76. The van der Waals surface area contributed by atoms with Gasteiger partial charge in [0.2, 0.25) is 5.91 Å². The lowest BCUT2D eigenvalue weighted by atomic mass is 9.92. The van der Waals surface area contributed by atoms with Gasteiger partial charge in [-0.2, -0.15) is 0 Å². The number of hydrogen-bond acceptors (Lipinski definition) is 2. The highest BCUT2D eigenvalue weighted by molar-refractivity contribution is 14.0. The van der Waals surface area contributed by atoms with Crippen molar-refractivity contribution in [3.63, 3.8) is 0 Å². The topological polar surface area (TPSA) is 65.5 Å². The number of rotatable bonds is 6. The van der Waals surface area contributed by atoms with Gasteiger partial charge in [-0.1, -0.05) is 23.7 Å². The normalized spacial score (nSPS) is 12.8. The van der Waals surface area contributed by atoms with E-state index in [2.05, 4.69) is 20.9 Å². The number of halogens is 2. The van der Waals surface area contributed by atoms with Crippen LogP contribution in [0.2, 0.25) is 5.02 Å². The lowest BCUT2D eigenvalue weighted by Crippen LogP contribution is -2.48. The van der Waals surface area contributed by atoms with E-state index in [9.17, 15) is 4.79 Å². The van der Waals surface area contributed by atoms with Crippen molar-refractivity contribution in [2.75, 3.05) is 20.1 Å². The third kappa shape index (κ3) is 7.25. The van der Waals surface area contributed by atoms with Gasteiger partial charge < -0.3 is 16.0 Å². The van der Waals surface area contributed by atoms with Crippen LogP contribution in [-0.2, 0) is 4.79 Å². The number of nitrogens with zero attached hydrogens (tertiary/aromatic N) is 1. The highest BCUT2D eigenvalue weighted by Gasteiger charge is 2.27. The molecular formula is C17H28ClIN4O. The third-order valence-corrected chi connectivity index (χ3v) is 3.85. The van der Waals surface area contributed by atoms with Gasteiger partial charge in [-0.3, -0.25) is 9.79 Å². The molecule has 0 heterocycles. The third-order valence-electron chi connectivity index (χ3n) is 3.60. The Hall–Kier alpha value is -1.02. The van der Waals surface area contributed by atoms with Crippen molar-refractivity contribution in [2.45, 2.75) is 33.7 Å². The molecule has 1 amide bonds. The van der Waals surface area contributed by atoms with E-state index in [4.69, 9.17) is 11.6 Å². The van der Waals surface area contributed by atoms with Crippen LogP contribution in [0.15, 0.2) is 29.3 Å². The van der Waals surface area contributed by atoms with Crippen molar-refractivity contribution < 1.29 is 4.79 Å². The number of guanidine groups is 1. The lowest BCUT2D eigenvalue weighted by molar-refractivity contribution is -0.128. The summed E-state index contributed by atoms with van der Waals surface area (Å²) >= 11 is 5.91. The Morgan fingerprint density at radius 2 is 1.83 bits per heavy atom. The van der Waals surface area contributed by atoms with Crippen LogP contribution in [-0.4, -0.2) is 32.0 Å². The van der Waals surface area contributed by atoms with Crippen LogP contribution < -0.4 is 16.0 Å². The van der Waals surface area contributed by atoms with Crippen LogP contribution in [0.3, 0.4) is 0 Å². The molecule has 0 aromatic heterocycles. The quantitative estimate of drug-likeness (QED) is 0.342. The summed E-state index contributed by atoms with van der Waals surface area (Å²) in [7, 11) is 1.71. The van der Waals surface area contributed by atoms with Crippen LogP contribution in [0.5, 0.6) is 0 Å². The zero-order chi connectivity index (χ0) is 17.5. The van der Waals surface area contributed by atoms with Crippen molar-refractivity contribution in [3.05, 3.63) is 34.9 Å². The largest absolute Gasteiger partial charge is 0.356 e. The first-order chi connectivity index (χ1) is 10.8. The molecule has 0 aliphatic heterocycles. The van der Waals surface area contributed by atoms with Crippen LogP contribution in [0.25, 0.3) is 0 Å². The van der Waals surface area contributed by atoms with Gasteiger partial charge in [-0.25, -0.2) is 0 Å². The Labute approximate surface area is 167 Å². The molecule has 0 radical (unpaired) electrons. The van der Waals surface area contributed by atoms with Crippen molar-refractivity contribution in [2.24, 2.45) is 10.4 Å². The van der Waals surface area contributed by atoms with E-state index in [0.29, 0.717) is 24.1 Å². The van der Waals surface area contributed by atoms with Crippen molar-refractivity contribution in [3.8, 4) is 0 Å². The average molecular weight is 467 g/mol. The maximum atomic E-state index is 12.0. The molecule has 0 saturated carbocycles. The minimum Gasteiger partial charge on any atom is -0.356 e. The SMILES string of the molecule is CCNC(=O)C(C)(C)CNC(=NC)NC(C)c1ccc(Cl)cc1.I. The van der Waals surface area contributed by atoms with Gasteiger partial charge in [0.05, 0.1) is 11.5 Å². The van der Waals surface area contributed by atoms with E-state index < -0.39 is 5.41 Å². The van der Waals surface area contributed by atoms with Gasteiger partial charge in [0, 0.05) is 25.2 Å². The van der Waals surface area contributed by atoms with Gasteiger partial charge in [0.25, 0.3) is 0 Å². The monoisotopic (exact) mass is 466 g/mol. The molecule has 1 aromatic rings. The number of carbonyl (C=O) groups is 1. The first-order valence-electron chi connectivity index (χ1n) is 7.81. The van der Waals surface area contributed by atoms with Crippen LogP contribution in [0.4, 0.5) is 0 Å². The molecule has 1 unspecified atom stereocenters. The standard InChI is InChI=1S/C17H27ClN4O.HI/c1-6-20-15(23)17(3,4)11-21-16(19-5)22-12(2)13-7-9-14(18)10-8-13;/h7-10,12H,6,11H2,1-5H3,(H,20,23)(H2,19,21,22);1H. The van der Waals surface area contributed by atoms with Crippen molar-refractivity contribution >= 4 is 47.4 Å². The summed E-state index contributed by atoms with van der Waals surface area (Å²) in [5.74, 6) is 0.679. The Morgan fingerprint density at radius 3 is 2.33 bits per heavy atom.